The molecule has 1 aromatic carbocycles. The molecule has 0 heterocycles. The number of ether oxygens (including phenoxy) is 1. The van der Waals surface area contributed by atoms with Crippen molar-refractivity contribution in [2.45, 2.75) is 19.1 Å². The van der Waals surface area contributed by atoms with Gasteiger partial charge < -0.3 is 4.74 Å². The van der Waals surface area contributed by atoms with Gasteiger partial charge in [0.1, 0.15) is 0 Å². The Kier molecular flexibility index (Phi) is 5.72. The summed E-state index contributed by atoms with van der Waals surface area (Å²) in [6, 6.07) is 8.05. The van der Waals surface area contributed by atoms with Crippen LogP contribution in [0.2, 0.25) is 0 Å². The van der Waals surface area contributed by atoms with Gasteiger partial charge in [0, 0.05) is 5.75 Å². The van der Waals surface area contributed by atoms with Crippen molar-refractivity contribution in [2.75, 3.05) is 6.61 Å². The number of carbonyl (C=O) groups excluding carboxylic acids is 1. The molecule has 86 valence electrons. The van der Waals surface area contributed by atoms with E-state index >= 15 is 0 Å². The first-order chi connectivity index (χ1) is 7.76. The van der Waals surface area contributed by atoms with Crippen molar-refractivity contribution < 1.29 is 9.53 Å². The number of hydrogen-bond acceptors (Lipinski definition) is 3. The lowest BCUT2D eigenvalue weighted by molar-refractivity contribution is -0.142. The van der Waals surface area contributed by atoms with Crippen molar-refractivity contribution in [1.82, 2.24) is 0 Å². The highest BCUT2D eigenvalue weighted by molar-refractivity contribution is 7.79. The predicted octanol–water partition coefficient (Wildman–Crippen LogP) is 3.08. The fourth-order valence-electron chi connectivity index (χ4n) is 1.31. The maximum Gasteiger partial charge on any atom is 0.309 e. The molecule has 0 amide bonds. The summed E-state index contributed by atoms with van der Waals surface area (Å²) in [5.74, 6) is 0.531. The molecule has 16 heavy (non-hydrogen) atoms. The highest BCUT2D eigenvalue weighted by Crippen LogP contribution is 2.09. The Bertz CT molecular complexity index is 372. The molecule has 0 N–H and O–H groups in total. The number of carbonyl (C=O) groups is 1. The van der Waals surface area contributed by atoms with Gasteiger partial charge in [-0.15, -0.1) is 0 Å². The van der Waals surface area contributed by atoms with E-state index < -0.39 is 0 Å². The number of rotatable bonds is 5. The minimum absolute atomic E-state index is 0.191. The zero-order valence-electron chi connectivity index (χ0n) is 9.35. The molecule has 0 unspecified atom stereocenters. The summed E-state index contributed by atoms with van der Waals surface area (Å²) >= 11 is 4.21. The number of hydrogen-bond donors (Lipinski definition) is 1. The van der Waals surface area contributed by atoms with E-state index in [1.807, 2.05) is 30.4 Å². The lowest BCUT2D eigenvalue weighted by atomic mass is 10.1. The summed E-state index contributed by atoms with van der Waals surface area (Å²) in [6.45, 7) is 2.24. The molecule has 0 spiro atoms. The standard InChI is InChI=1S/C13H16O2S/c1-2-15-13(14)8-4-6-11-5-3-7-12(9-11)10-16/h3-7,9,16H,2,8,10H2,1H3. The van der Waals surface area contributed by atoms with Crippen LogP contribution >= 0.6 is 12.6 Å². The Morgan fingerprint density at radius 2 is 2.31 bits per heavy atom. The maximum atomic E-state index is 11.1. The third-order valence-corrected chi connectivity index (χ3v) is 2.40. The average molecular weight is 236 g/mol. The first-order valence-electron chi connectivity index (χ1n) is 5.28. The normalized spacial score (nSPS) is 10.6. The maximum absolute atomic E-state index is 11.1. The van der Waals surface area contributed by atoms with Gasteiger partial charge in [-0.25, -0.2) is 0 Å². The van der Waals surface area contributed by atoms with E-state index in [1.165, 1.54) is 5.56 Å². The first-order valence-corrected chi connectivity index (χ1v) is 5.91. The molecule has 0 aliphatic heterocycles. The van der Waals surface area contributed by atoms with Gasteiger partial charge in [0.05, 0.1) is 13.0 Å². The Balaban J connectivity index is 2.52. The van der Waals surface area contributed by atoms with Crippen LogP contribution < -0.4 is 0 Å². The summed E-state index contributed by atoms with van der Waals surface area (Å²) in [4.78, 5) is 11.1. The largest absolute Gasteiger partial charge is 0.466 e. The Morgan fingerprint density at radius 3 is 3.00 bits per heavy atom. The number of esters is 1. The van der Waals surface area contributed by atoms with Crippen molar-refractivity contribution in [3.8, 4) is 0 Å². The van der Waals surface area contributed by atoms with Gasteiger partial charge in [-0.3, -0.25) is 4.79 Å². The molecule has 0 bridgehead atoms. The molecule has 0 aromatic heterocycles. The molecule has 0 fully saturated rings. The highest BCUT2D eigenvalue weighted by atomic mass is 32.1. The number of benzene rings is 1. The van der Waals surface area contributed by atoms with Gasteiger partial charge >= 0.3 is 5.97 Å². The summed E-state index contributed by atoms with van der Waals surface area (Å²) < 4.78 is 4.82. The average Bonchev–Trinajstić information content (AvgIpc) is 2.30. The molecule has 0 radical (unpaired) electrons. The minimum atomic E-state index is -0.191. The van der Waals surface area contributed by atoms with Crippen LogP contribution in [0.5, 0.6) is 0 Å². The number of thiol groups is 1. The van der Waals surface area contributed by atoms with Crippen LogP contribution in [0, 0.1) is 0 Å². The van der Waals surface area contributed by atoms with Gasteiger partial charge in [0.25, 0.3) is 0 Å². The molecule has 0 saturated heterocycles. The van der Waals surface area contributed by atoms with Crippen LogP contribution in [-0.2, 0) is 15.3 Å². The Hall–Kier alpha value is -1.22. The van der Waals surface area contributed by atoms with Crippen molar-refractivity contribution in [1.29, 1.82) is 0 Å². The second-order valence-corrected chi connectivity index (χ2v) is 3.63. The van der Waals surface area contributed by atoms with E-state index in [-0.39, 0.29) is 5.97 Å². The molecular weight excluding hydrogens is 220 g/mol. The molecule has 0 atom stereocenters. The SMILES string of the molecule is CCOC(=O)CC=Cc1cccc(CS)c1. The fourth-order valence-corrected chi connectivity index (χ4v) is 1.50. The van der Waals surface area contributed by atoms with E-state index in [0.717, 1.165) is 11.3 Å². The van der Waals surface area contributed by atoms with E-state index in [4.69, 9.17) is 4.74 Å². The van der Waals surface area contributed by atoms with Gasteiger partial charge in [0.2, 0.25) is 0 Å². The zero-order chi connectivity index (χ0) is 11.8. The molecule has 1 rings (SSSR count). The lowest BCUT2D eigenvalue weighted by Gasteiger charge is -1.99. The second kappa shape index (κ2) is 7.12. The fraction of sp³-hybridized carbons (Fsp3) is 0.308. The summed E-state index contributed by atoms with van der Waals surface area (Å²) in [5, 5.41) is 0. The quantitative estimate of drug-likeness (QED) is 0.628. The zero-order valence-corrected chi connectivity index (χ0v) is 10.2. The molecule has 0 saturated carbocycles. The molecule has 0 aliphatic rings. The van der Waals surface area contributed by atoms with Crippen molar-refractivity contribution in [3.05, 3.63) is 41.5 Å². The topological polar surface area (TPSA) is 26.3 Å². The van der Waals surface area contributed by atoms with Crippen LogP contribution in [-0.4, -0.2) is 12.6 Å². The smallest absolute Gasteiger partial charge is 0.309 e. The van der Waals surface area contributed by atoms with Crippen molar-refractivity contribution in [2.24, 2.45) is 0 Å². The highest BCUT2D eigenvalue weighted by Gasteiger charge is 1.96. The summed E-state index contributed by atoms with van der Waals surface area (Å²) in [5.41, 5.74) is 2.25. The molecule has 0 aliphatic carbocycles. The van der Waals surface area contributed by atoms with Gasteiger partial charge in [-0.1, -0.05) is 36.4 Å². The molecule has 1 aromatic rings. The summed E-state index contributed by atoms with van der Waals surface area (Å²) in [7, 11) is 0. The van der Waals surface area contributed by atoms with E-state index in [1.54, 1.807) is 6.92 Å². The molecular formula is C13H16O2S. The van der Waals surface area contributed by atoms with Crippen molar-refractivity contribution in [3.63, 3.8) is 0 Å². The third kappa shape index (κ3) is 4.53. The molecule has 3 heteroatoms. The van der Waals surface area contributed by atoms with Gasteiger partial charge in [0.15, 0.2) is 0 Å². The van der Waals surface area contributed by atoms with Gasteiger partial charge in [-0.2, -0.15) is 12.6 Å². The first kappa shape index (κ1) is 12.8. The van der Waals surface area contributed by atoms with E-state index in [0.29, 0.717) is 13.0 Å². The Labute approximate surface area is 102 Å². The lowest BCUT2D eigenvalue weighted by Crippen LogP contribution is -2.01. The van der Waals surface area contributed by atoms with Crippen LogP contribution in [0.4, 0.5) is 0 Å². The third-order valence-electron chi connectivity index (χ3n) is 2.03. The van der Waals surface area contributed by atoms with E-state index in [2.05, 4.69) is 18.7 Å². The monoisotopic (exact) mass is 236 g/mol. The van der Waals surface area contributed by atoms with Crippen LogP contribution in [0.3, 0.4) is 0 Å². The predicted molar refractivity (Wildman–Crippen MR) is 69.4 cm³/mol. The second-order valence-electron chi connectivity index (χ2n) is 3.31. The Morgan fingerprint density at radius 1 is 1.50 bits per heavy atom. The van der Waals surface area contributed by atoms with Crippen LogP contribution in [0.15, 0.2) is 30.3 Å². The summed E-state index contributed by atoms with van der Waals surface area (Å²) in [6.07, 6.45) is 4.05. The minimum Gasteiger partial charge on any atom is -0.466 e. The van der Waals surface area contributed by atoms with E-state index in [9.17, 15) is 4.79 Å². The van der Waals surface area contributed by atoms with Crippen LogP contribution in [0.1, 0.15) is 24.5 Å². The van der Waals surface area contributed by atoms with Crippen molar-refractivity contribution >= 4 is 24.7 Å². The van der Waals surface area contributed by atoms with Gasteiger partial charge in [-0.05, 0) is 18.1 Å². The van der Waals surface area contributed by atoms with Crippen LogP contribution in [0.25, 0.3) is 6.08 Å². The molecule has 2 nitrogen and oxygen atoms in total.